The Morgan fingerprint density at radius 2 is 1.85 bits per heavy atom. The van der Waals surface area contributed by atoms with Crippen molar-refractivity contribution in [3.05, 3.63) is 77.1 Å². The van der Waals surface area contributed by atoms with E-state index in [4.69, 9.17) is 0 Å². The molecule has 0 saturated heterocycles. The van der Waals surface area contributed by atoms with Gasteiger partial charge in [0.05, 0.1) is 17.9 Å². The lowest BCUT2D eigenvalue weighted by Gasteiger charge is -2.10. The van der Waals surface area contributed by atoms with Crippen LogP contribution in [0.2, 0.25) is 0 Å². The molecule has 8 heteroatoms. The average molecular weight is 353 g/mol. The van der Waals surface area contributed by atoms with Gasteiger partial charge in [-0.3, -0.25) is 9.78 Å². The van der Waals surface area contributed by atoms with Gasteiger partial charge in [0.2, 0.25) is 0 Å². The number of halogens is 1. The summed E-state index contributed by atoms with van der Waals surface area (Å²) in [7, 11) is 0. The molecule has 0 bridgehead atoms. The third-order valence-corrected chi connectivity index (χ3v) is 3.57. The zero-order valence-corrected chi connectivity index (χ0v) is 13.7. The van der Waals surface area contributed by atoms with Crippen LogP contribution in [0.15, 0.2) is 65.7 Å². The van der Waals surface area contributed by atoms with Crippen molar-refractivity contribution in [2.45, 2.75) is 6.54 Å². The monoisotopic (exact) mass is 353 g/mol. The number of rotatable bonds is 5. The fourth-order valence-corrected chi connectivity index (χ4v) is 2.29. The maximum absolute atomic E-state index is 13.5. The summed E-state index contributed by atoms with van der Waals surface area (Å²) in [6.07, 6.45) is 3.28. The Labute approximate surface area is 148 Å². The number of urea groups is 1. The lowest BCUT2D eigenvalue weighted by Crippen LogP contribution is -2.34. The second kappa shape index (κ2) is 8.02. The van der Waals surface area contributed by atoms with Crippen LogP contribution in [0.25, 0.3) is 11.3 Å². The van der Waals surface area contributed by atoms with Gasteiger partial charge in [-0.05, 0) is 30.3 Å². The number of carbonyl (C=O) groups is 1. The van der Waals surface area contributed by atoms with E-state index in [2.05, 4.69) is 20.7 Å². The topological polar surface area (TPSA) is 88.9 Å². The summed E-state index contributed by atoms with van der Waals surface area (Å²) in [6.45, 7) is 0.343. The SMILES string of the molecule is O=C(NCCn1nc(-c2ccncc2)ccc1=O)Nc1ccccc1F. The molecule has 0 aliphatic heterocycles. The first-order chi connectivity index (χ1) is 12.6. The van der Waals surface area contributed by atoms with Crippen molar-refractivity contribution in [3.63, 3.8) is 0 Å². The molecule has 7 nitrogen and oxygen atoms in total. The highest BCUT2D eigenvalue weighted by Gasteiger charge is 2.07. The average Bonchev–Trinajstić information content (AvgIpc) is 2.66. The number of anilines is 1. The molecule has 0 fully saturated rings. The summed E-state index contributed by atoms with van der Waals surface area (Å²) in [6, 6.07) is 11.9. The third-order valence-electron chi connectivity index (χ3n) is 3.57. The summed E-state index contributed by atoms with van der Waals surface area (Å²) in [5, 5.41) is 9.26. The molecule has 3 rings (SSSR count). The van der Waals surface area contributed by atoms with E-state index in [0.717, 1.165) is 5.56 Å². The van der Waals surface area contributed by atoms with Crippen molar-refractivity contribution < 1.29 is 9.18 Å². The highest BCUT2D eigenvalue weighted by Crippen LogP contribution is 2.13. The molecule has 0 atom stereocenters. The number of pyridine rings is 1. The Balaban J connectivity index is 1.60. The van der Waals surface area contributed by atoms with Gasteiger partial charge >= 0.3 is 6.03 Å². The molecule has 0 spiro atoms. The van der Waals surface area contributed by atoms with Crippen LogP contribution in [0.1, 0.15) is 0 Å². The molecule has 0 aliphatic rings. The zero-order valence-electron chi connectivity index (χ0n) is 13.7. The minimum Gasteiger partial charge on any atom is -0.336 e. The van der Waals surface area contributed by atoms with E-state index in [-0.39, 0.29) is 24.3 Å². The van der Waals surface area contributed by atoms with Crippen molar-refractivity contribution in [2.75, 3.05) is 11.9 Å². The third kappa shape index (κ3) is 4.29. The molecule has 0 saturated carbocycles. The van der Waals surface area contributed by atoms with E-state index in [1.807, 2.05) is 0 Å². The minimum atomic E-state index is -0.562. The van der Waals surface area contributed by atoms with Gasteiger partial charge in [0.1, 0.15) is 5.82 Å². The minimum absolute atomic E-state index is 0.0833. The molecule has 26 heavy (non-hydrogen) atoms. The smallest absolute Gasteiger partial charge is 0.319 e. The standard InChI is InChI=1S/C18H16FN5O2/c19-14-3-1-2-4-16(14)22-18(26)21-11-12-24-17(25)6-5-15(23-24)13-7-9-20-10-8-13/h1-10H,11-12H2,(H2,21,22,26). The number of para-hydroxylation sites is 1. The maximum atomic E-state index is 13.5. The first kappa shape index (κ1) is 17.3. The quantitative estimate of drug-likeness (QED) is 0.736. The van der Waals surface area contributed by atoms with Crippen molar-refractivity contribution >= 4 is 11.7 Å². The Hall–Kier alpha value is -3.55. The molecule has 2 amide bonds. The van der Waals surface area contributed by atoms with Gasteiger partial charge in [-0.1, -0.05) is 12.1 Å². The van der Waals surface area contributed by atoms with E-state index in [0.29, 0.717) is 5.69 Å². The zero-order chi connectivity index (χ0) is 18.4. The van der Waals surface area contributed by atoms with Crippen LogP contribution in [0, 0.1) is 5.82 Å². The van der Waals surface area contributed by atoms with Crippen molar-refractivity contribution in [1.82, 2.24) is 20.1 Å². The van der Waals surface area contributed by atoms with Gasteiger partial charge in [-0.25, -0.2) is 13.9 Å². The molecule has 0 unspecified atom stereocenters. The molecule has 132 valence electrons. The Kier molecular flexibility index (Phi) is 5.33. The van der Waals surface area contributed by atoms with Gasteiger partial charge in [0.25, 0.3) is 5.56 Å². The number of benzene rings is 1. The van der Waals surface area contributed by atoms with E-state index in [1.54, 1.807) is 36.7 Å². The fraction of sp³-hybridized carbons (Fsp3) is 0.111. The molecule has 2 heterocycles. The van der Waals surface area contributed by atoms with E-state index < -0.39 is 11.8 Å². The maximum Gasteiger partial charge on any atom is 0.319 e. The Morgan fingerprint density at radius 1 is 1.08 bits per heavy atom. The van der Waals surface area contributed by atoms with Gasteiger partial charge in [-0.15, -0.1) is 0 Å². The number of nitrogens with zero attached hydrogens (tertiary/aromatic N) is 3. The van der Waals surface area contributed by atoms with Gasteiger partial charge in [0.15, 0.2) is 0 Å². The van der Waals surface area contributed by atoms with Gasteiger partial charge in [0, 0.05) is 30.6 Å². The number of hydrogen-bond donors (Lipinski definition) is 2. The highest BCUT2D eigenvalue weighted by molar-refractivity contribution is 5.89. The number of amides is 2. The lowest BCUT2D eigenvalue weighted by atomic mass is 10.2. The Morgan fingerprint density at radius 3 is 2.62 bits per heavy atom. The Bertz CT molecular complexity index is 959. The second-order valence-corrected chi connectivity index (χ2v) is 5.38. The van der Waals surface area contributed by atoms with Crippen LogP contribution >= 0.6 is 0 Å². The first-order valence-electron chi connectivity index (χ1n) is 7.91. The largest absolute Gasteiger partial charge is 0.336 e. The lowest BCUT2D eigenvalue weighted by molar-refractivity contribution is 0.251. The summed E-state index contributed by atoms with van der Waals surface area (Å²) in [4.78, 5) is 27.7. The van der Waals surface area contributed by atoms with Gasteiger partial charge < -0.3 is 10.6 Å². The van der Waals surface area contributed by atoms with E-state index in [9.17, 15) is 14.0 Å². The predicted molar refractivity (Wildman–Crippen MR) is 95.1 cm³/mol. The molecular formula is C18H16FN5O2. The number of hydrogen-bond acceptors (Lipinski definition) is 4. The van der Waals surface area contributed by atoms with Gasteiger partial charge in [-0.2, -0.15) is 5.10 Å². The van der Waals surface area contributed by atoms with E-state index >= 15 is 0 Å². The molecule has 0 aliphatic carbocycles. The van der Waals surface area contributed by atoms with Crippen molar-refractivity contribution in [1.29, 1.82) is 0 Å². The molecule has 3 aromatic rings. The molecule has 0 radical (unpaired) electrons. The molecule has 2 aromatic heterocycles. The van der Waals surface area contributed by atoms with Crippen LogP contribution < -0.4 is 16.2 Å². The summed E-state index contributed by atoms with van der Waals surface area (Å²) in [5.41, 5.74) is 1.26. The normalized spacial score (nSPS) is 10.3. The number of nitrogens with one attached hydrogen (secondary N) is 2. The second-order valence-electron chi connectivity index (χ2n) is 5.38. The van der Waals surface area contributed by atoms with Crippen molar-refractivity contribution in [3.8, 4) is 11.3 Å². The predicted octanol–water partition coefficient (Wildman–Crippen LogP) is 2.27. The van der Waals surface area contributed by atoms with E-state index in [1.165, 1.54) is 28.9 Å². The van der Waals surface area contributed by atoms with Crippen LogP contribution in [-0.2, 0) is 6.54 Å². The van der Waals surface area contributed by atoms with Crippen LogP contribution in [0.3, 0.4) is 0 Å². The number of aromatic nitrogens is 3. The molecule has 2 N–H and O–H groups in total. The summed E-state index contributed by atoms with van der Waals surface area (Å²) in [5.74, 6) is -0.523. The number of carbonyl (C=O) groups excluding carboxylic acids is 1. The summed E-state index contributed by atoms with van der Waals surface area (Å²) < 4.78 is 14.8. The van der Waals surface area contributed by atoms with Crippen LogP contribution in [0.4, 0.5) is 14.9 Å². The summed E-state index contributed by atoms with van der Waals surface area (Å²) >= 11 is 0. The highest BCUT2D eigenvalue weighted by atomic mass is 19.1. The first-order valence-corrected chi connectivity index (χ1v) is 7.91. The molecular weight excluding hydrogens is 337 g/mol. The van der Waals surface area contributed by atoms with Crippen LogP contribution in [0.5, 0.6) is 0 Å². The van der Waals surface area contributed by atoms with Crippen molar-refractivity contribution in [2.24, 2.45) is 0 Å². The molecule has 1 aromatic carbocycles. The van der Waals surface area contributed by atoms with Crippen LogP contribution in [-0.4, -0.2) is 27.3 Å². The fourth-order valence-electron chi connectivity index (χ4n) is 2.29.